The van der Waals surface area contributed by atoms with E-state index < -0.39 is 38.6 Å². The molecule has 9 aromatic carbocycles. The lowest BCUT2D eigenvalue weighted by Crippen LogP contribution is -2.62. The number of benzene rings is 9. The molecule has 12 aromatic rings. The quantitative estimate of drug-likeness (QED) is 0.0306. The minimum absolute atomic E-state index is 0.210. The number of unbranched alkanes of at least 4 members (excludes halogenated alkanes) is 3. The van der Waals surface area contributed by atoms with Crippen molar-refractivity contribution in [3.63, 3.8) is 0 Å². The third-order valence-corrected chi connectivity index (χ3v) is 19.5. The topological polar surface area (TPSA) is 260 Å². The second-order valence-electron chi connectivity index (χ2n) is 24.2. The third kappa shape index (κ3) is 15.4. The molecule has 0 amide bonds. The van der Waals surface area contributed by atoms with Crippen molar-refractivity contribution in [3.05, 3.63) is 308 Å². The number of carboxylic acid groups (broad SMARTS) is 2. The van der Waals surface area contributed by atoms with E-state index in [9.17, 15) is 32.8 Å². The van der Waals surface area contributed by atoms with Crippen LogP contribution in [0.25, 0.3) is 32.7 Å². The number of hydrogen-bond donors (Lipinski definition) is 6. The van der Waals surface area contributed by atoms with E-state index in [0.717, 1.165) is 96.8 Å². The first-order chi connectivity index (χ1) is 50.2. The molecule has 520 valence electrons. The van der Waals surface area contributed by atoms with Gasteiger partial charge in [0.1, 0.15) is 17.1 Å². The van der Waals surface area contributed by atoms with E-state index >= 15 is 0 Å². The Bertz CT molecular complexity index is 4660. The van der Waals surface area contributed by atoms with Gasteiger partial charge in [0.15, 0.2) is 17.5 Å². The molecule has 0 radical (unpaired) electrons. The molecular weight excluding hydrogens is 1320 g/mol. The molecule has 6 N–H and O–H groups in total. The molecule has 3 aliphatic heterocycles. The summed E-state index contributed by atoms with van der Waals surface area (Å²) in [7, 11) is -5.12. The molecule has 0 spiro atoms. The molecule has 22 nitrogen and oxygen atoms in total. The number of anilines is 6. The number of para-hydroxylation sites is 9. The predicted molar refractivity (Wildman–Crippen MR) is 409 cm³/mol. The van der Waals surface area contributed by atoms with Crippen LogP contribution in [0.3, 0.4) is 0 Å². The summed E-state index contributed by atoms with van der Waals surface area (Å²) < 4.78 is 30.8. The van der Waals surface area contributed by atoms with Gasteiger partial charge < -0.3 is 10.2 Å². The molecule has 0 fully saturated rings. The predicted octanol–water partition coefficient (Wildman–Crippen LogP) is 15.6. The summed E-state index contributed by atoms with van der Waals surface area (Å²) in [6.45, 7) is 4.78. The van der Waals surface area contributed by atoms with Gasteiger partial charge in [-0.15, -0.1) is 15.3 Å². The molecule has 3 aromatic heterocycles. The second-order valence-corrected chi connectivity index (χ2v) is 25.8. The molecule has 103 heavy (non-hydrogen) atoms. The average molecular weight is 1390 g/mol. The molecule has 0 bridgehead atoms. The Hall–Kier alpha value is -12.7. The minimum atomic E-state index is -5.12. The fraction of sp³-hybridized carbons (Fsp3) is 0.150. The van der Waals surface area contributed by atoms with E-state index in [1.54, 1.807) is 0 Å². The molecule has 1 atom stereocenters. The van der Waals surface area contributed by atoms with Crippen LogP contribution in [-0.2, 0) is 19.7 Å². The van der Waals surface area contributed by atoms with Crippen molar-refractivity contribution in [1.29, 1.82) is 0 Å². The molecule has 0 aliphatic carbocycles. The lowest BCUT2D eigenvalue weighted by atomic mass is 9.68. The Morgan fingerprint density at radius 1 is 0.359 bits per heavy atom. The van der Waals surface area contributed by atoms with Gasteiger partial charge in [0.25, 0.3) is 10.1 Å². The molecule has 0 saturated carbocycles. The number of rotatable bonds is 20. The van der Waals surface area contributed by atoms with Crippen molar-refractivity contribution < 1.29 is 32.8 Å². The van der Waals surface area contributed by atoms with Gasteiger partial charge in [-0.1, -0.05) is 228 Å². The summed E-state index contributed by atoms with van der Waals surface area (Å²) in [5, 5.41) is 48.1. The van der Waals surface area contributed by atoms with Crippen LogP contribution in [0.4, 0.5) is 34.1 Å². The molecular formula is C80H77N15O7S. The zero-order chi connectivity index (χ0) is 71.8. The average Bonchev–Trinajstić information content (AvgIpc) is 1.34. The molecule has 1 unspecified atom stereocenters. The second kappa shape index (κ2) is 32.1. The molecule has 6 heterocycles. The van der Waals surface area contributed by atoms with Gasteiger partial charge >= 0.3 is 11.9 Å². The van der Waals surface area contributed by atoms with Gasteiger partial charge in [-0.25, -0.2) is 15.0 Å². The van der Waals surface area contributed by atoms with Crippen LogP contribution in [0.2, 0.25) is 0 Å². The highest BCUT2D eigenvalue weighted by atomic mass is 32.2. The number of hydrazone groups is 3. The standard InChI is InChI=1S/3C22H17N5.C14H26O7S/c3*1-3-10-18(11-4-1)26-24-22(25-27(26)19-12-5-2-6-13-19)21-16-15-17-9-7-8-14-20(17)23-21;1-4-7-8-9-10-14(12(17)18,22(19,20)21)13(5-2,6-3)11(15)16/h3*1-16H,(H,24,25);4-10H2,1-3H3,(H,15,16)(H,17,18)(H,19,20,21). The number of carboxylic acids is 2. The van der Waals surface area contributed by atoms with Crippen LogP contribution >= 0.6 is 0 Å². The molecule has 23 heteroatoms. The Kier molecular flexibility index (Phi) is 21.8. The number of fused-ring (bicyclic) bond motifs is 3. The summed E-state index contributed by atoms with van der Waals surface area (Å²) in [6, 6.07) is 96.8. The largest absolute Gasteiger partial charge is 0.481 e. The van der Waals surface area contributed by atoms with Gasteiger partial charge in [0.2, 0.25) is 4.75 Å². The van der Waals surface area contributed by atoms with Crippen molar-refractivity contribution in [1.82, 2.24) is 31.2 Å². The van der Waals surface area contributed by atoms with Crippen molar-refractivity contribution >= 4 is 106 Å². The maximum Gasteiger partial charge on any atom is 0.328 e. The van der Waals surface area contributed by atoms with Crippen LogP contribution in [0, 0.1) is 5.41 Å². The highest BCUT2D eigenvalue weighted by molar-refractivity contribution is 7.88. The number of aromatic nitrogens is 3. The third-order valence-electron chi connectivity index (χ3n) is 17.8. The van der Waals surface area contributed by atoms with Crippen molar-refractivity contribution in [2.45, 2.75) is 70.5 Å². The van der Waals surface area contributed by atoms with Gasteiger partial charge in [-0.05, 0) is 128 Å². The maximum atomic E-state index is 11.9. The lowest BCUT2D eigenvalue weighted by molar-refractivity contribution is -0.161. The van der Waals surface area contributed by atoms with Crippen molar-refractivity contribution in [2.75, 3.05) is 30.7 Å². The van der Waals surface area contributed by atoms with Crippen LogP contribution in [0.5, 0.6) is 0 Å². The fourth-order valence-electron chi connectivity index (χ4n) is 12.4. The summed E-state index contributed by atoms with van der Waals surface area (Å²) in [6.07, 6.45) is 1.59. The van der Waals surface area contributed by atoms with E-state index in [-0.39, 0.29) is 19.3 Å². The number of hydrogen-bond acceptors (Lipinski definition) is 19. The Morgan fingerprint density at radius 2 is 0.641 bits per heavy atom. The van der Waals surface area contributed by atoms with E-state index in [2.05, 4.69) is 52.7 Å². The van der Waals surface area contributed by atoms with E-state index in [1.807, 2.05) is 292 Å². The number of carbonyl (C=O) groups is 2. The van der Waals surface area contributed by atoms with Gasteiger partial charge in [-0.2, -0.15) is 39.1 Å². The number of nitrogens with zero attached hydrogens (tertiary/aromatic N) is 12. The Morgan fingerprint density at radius 3 is 0.903 bits per heavy atom. The highest BCUT2D eigenvalue weighted by Gasteiger charge is 2.67. The monoisotopic (exact) mass is 1390 g/mol. The summed E-state index contributed by atoms with van der Waals surface area (Å²) in [4.78, 5) is 37.8. The highest BCUT2D eigenvalue weighted by Crippen LogP contribution is 2.48. The Labute approximate surface area is 597 Å². The first-order valence-electron chi connectivity index (χ1n) is 33.9. The maximum absolute atomic E-state index is 11.9. The zero-order valence-corrected chi connectivity index (χ0v) is 57.7. The Balaban J connectivity index is 0.000000130. The minimum Gasteiger partial charge on any atom is -0.481 e. The van der Waals surface area contributed by atoms with E-state index in [1.165, 1.54) is 13.8 Å². The molecule has 3 aliphatic rings. The van der Waals surface area contributed by atoms with Gasteiger partial charge in [0, 0.05) is 16.2 Å². The number of nitrogens with one attached hydrogen (secondary N) is 3. The number of hydrazine groups is 6. The first kappa shape index (κ1) is 70.1. The summed E-state index contributed by atoms with van der Waals surface area (Å²) in [5.74, 6) is -1.22. The van der Waals surface area contributed by atoms with Gasteiger partial charge in [0.05, 0.1) is 56.1 Å². The smallest absolute Gasteiger partial charge is 0.328 e. The number of pyridine rings is 3. The van der Waals surface area contributed by atoms with Crippen molar-refractivity contribution in [3.8, 4) is 0 Å². The zero-order valence-electron chi connectivity index (χ0n) is 56.9. The molecule has 0 saturated heterocycles. The number of amidine groups is 3. The van der Waals surface area contributed by atoms with Crippen LogP contribution in [-0.4, -0.2) is 72.3 Å². The van der Waals surface area contributed by atoms with Gasteiger partial charge in [-0.3, -0.25) is 30.4 Å². The van der Waals surface area contributed by atoms with E-state index in [0.29, 0.717) is 23.9 Å². The van der Waals surface area contributed by atoms with Crippen molar-refractivity contribution in [2.24, 2.45) is 20.7 Å². The fourth-order valence-corrected chi connectivity index (χ4v) is 13.9. The molecule has 15 rings (SSSR count). The number of aliphatic carboxylic acids is 2. The van der Waals surface area contributed by atoms with Crippen LogP contribution in [0.1, 0.15) is 82.8 Å². The normalized spacial score (nSPS) is 13.9. The summed E-state index contributed by atoms with van der Waals surface area (Å²) in [5.41, 5.74) is 19.2. The first-order valence-corrected chi connectivity index (χ1v) is 35.4. The summed E-state index contributed by atoms with van der Waals surface area (Å²) >= 11 is 0. The lowest BCUT2D eigenvalue weighted by Gasteiger charge is -2.41. The SMILES string of the molecule is CCCCCCC(C(=O)O)(C(CC)(CC)C(=O)O)S(=O)(=O)O.c1ccc(N2N=C(c3ccc4ccccc4n3)NN2c2ccccc2)cc1.c1ccc(N2N=C(c3ccc4ccccc4n3)NN2c2ccccc2)cc1.c1ccc(N2N=C(c3ccc4ccccc4n3)NN2c2ccccc2)cc1. The van der Waals surface area contributed by atoms with E-state index in [4.69, 9.17) is 30.3 Å². The van der Waals surface area contributed by atoms with Crippen LogP contribution in [0.15, 0.2) is 306 Å². The van der Waals surface area contributed by atoms with Crippen LogP contribution < -0.4 is 47.0 Å².